The zero-order chi connectivity index (χ0) is 10.4. The molecule has 0 aliphatic heterocycles. The summed E-state index contributed by atoms with van der Waals surface area (Å²) in [5, 5.41) is 0. The minimum atomic E-state index is -0.388. The summed E-state index contributed by atoms with van der Waals surface area (Å²) in [5.41, 5.74) is 6.82. The zero-order valence-corrected chi connectivity index (χ0v) is 8.32. The first-order chi connectivity index (χ1) is 6.74. The summed E-state index contributed by atoms with van der Waals surface area (Å²) in [6.07, 6.45) is 0.868. The highest BCUT2D eigenvalue weighted by atomic mass is 16.5. The van der Waals surface area contributed by atoms with Gasteiger partial charge in [0.1, 0.15) is 0 Å². The molecule has 0 bridgehead atoms. The first-order valence-corrected chi connectivity index (χ1v) is 4.70. The quantitative estimate of drug-likeness (QED) is 0.718. The molecule has 0 fully saturated rings. The van der Waals surface area contributed by atoms with Gasteiger partial charge in [0, 0.05) is 12.2 Å². The molecule has 0 unspecified atom stereocenters. The smallest absolute Gasteiger partial charge is 0.248 e. The molecule has 0 aromatic heterocycles. The van der Waals surface area contributed by atoms with Gasteiger partial charge in [-0.15, -0.1) is 0 Å². The van der Waals surface area contributed by atoms with Crippen molar-refractivity contribution in [2.45, 2.75) is 13.3 Å². The molecule has 0 radical (unpaired) electrons. The Balaban J connectivity index is 2.51. The molecule has 3 heteroatoms. The van der Waals surface area contributed by atoms with Gasteiger partial charge in [0.05, 0.1) is 6.61 Å². The van der Waals surface area contributed by atoms with Crippen molar-refractivity contribution in [3.63, 3.8) is 0 Å². The average Bonchev–Trinajstić information content (AvgIpc) is 2.19. The Hall–Kier alpha value is -1.35. The minimum Gasteiger partial charge on any atom is -0.381 e. The Morgan fingerprint density at radius 3 is 2.50 bits per heavy atom. The van der Waals surface area contributed by atoms with Gasteiger partial charge in [-0.3, -0.25) is 4.79 Å². The van der Waals surface area contributed by atoms with Crippen molar-refractivity contribution in [3.05, 3.63) is 35.4 Å². The van der Waals surface area contributed by atoms with Gasteiger partial charge >= 0.3 is 0 Å². The summed E-state index contributed by atoms with van der Waals surface area (Å²) >= 11 is 0. The van der Waals surface area contributed by atoms with Crippen LogP contribution in [0.5, 0.6) is 0 Å². The minimum absolute atomic E-state index is 0.388. The number of rotatable bonds is 5. The predicted octanol–water partition coefficient (Wildman–Crippen LogP) is 1.36. The van der Waals surface area contributed by atoms with E-state index < -0.39 is 0 Å². The summed E-state index contributed by atoms with van der Waals surface area (Å²) in [6.45, 7) is 3.42. The molecule has 0 saturated carbocycles. The van der Waals surface area contributed by atoms with Crippen LogP contribution < -0.4 is 5.73 Å². The maximum Gasteiger partial charge on any atom is 0.248 e. The Morgan fingerprint density at radius 1 is 1.36 bits per heavy atom. The first kappa shape index (κ1) is 10.7. The summed E-state index contributed by atoms with van der Waals surface area (Å²) in [4.78, 5) is 10.8. The maximum atomic E-state index is 10.8. The molecular weight excluding hydrogens is 178 g/mol. The van der Waals surface area contributed by atoms with Crippen LogP contribution in [0.4, 0.5) is 0 Å². The van der Waals surface area contributed by atoms with Crippen LogP contribution in [0.25, 0.3) is 0 Å². The lowest BCUT2D eigenvalue weighted by Crippen LogP contribution is -2.10. The number of hydrogen-bond acceptors (Lipinski definition) is 2. The standard InChI is InChI=1S/C11H15NO2/c1-2-14-8-7-9-3-5-10(6-4-9)11(12)13/h3-6H,2,7-8H2,1H3,(H2,12,13). The molecule has 14 heavy (non-hydrogen) atoms. The number of carbonyl (C=O) groups is 1. The predicted molar refractivity (Wildman–Crippen MR) is 55.2 cm³/mol. The third-order valence-electron chi connectivity index (χ3n) is 1.98. The number of hydrogen-bond donors (Lipinski definition) is 1. The largest absolute Gasteiger partial charge is 0.381 e. The second-order valence-electron chi connectivity index (χ2n) is 3.01. The van der Waals surface area contributed by atoms with E-state index in [0.717, 1.165) is 18.6 Å². The summed E-state index contributed by atoms with van der Waals surface area (Å²) in [5.74, 6) is -0.388. The normalized spacial score (nSPS) is 10.1. The van der Waals surface area contributed by atoms with Crippen LogP contribution in [-0.2, 0) is 11.2 Å². The summed E-state index contributed by atoms with van der Waals surface area (Å²) in [6, 6.07) is 7.28. The van der Waals surface area contributed by atoms with Gasteiger partial charge < -0.3 is 10.5 Å². The van der Waals surface area contributed by atoms with Gasteiger partial charge in [-0.25, -0.2) is 0 Å². The topological polar surface area (TPSA) is 52.3 Å². The molecule has 0 spiro atoms. The number of benzene rings is 1. The fraction of sp³-hybridized carbons (Fsp3) is 0.364. The van der Waals surface area contributed by atoms with Crippen molar-refractivity contribution in [2.75, 3.05) is 13.2 Å². The van der Waals surface area contributed by atoms with E-state index in [9.17, 15) is 4.79 Å². The fourth-order valence-corrected chi connectivity index (χ4v) is 1.17. The van der Waals surface area contributed by atoms with E-state index in [1.165, 1.54) is 0 Å². The van der Waals surface area contributed by atoms with Crippen molar-refractivity contribution >= 4 is 5.91 Å². The summed E-state index contributed by atoms with van der Waals surface area (Å²) in [7, 11) is 0. The fourth-order valence-electron chi connectivity index (χ4n) is 1.17. The molecule has 1 rings (SSSR count). The highest BCUT2D eigenvalue weighted by Gasteiger charge is 1.99. The van der Waals surface area contributed by atoms with Crippen LogP contribution in [0.3, 0.4) is 0 Å². The lowest BCUT2D eigenvalue weighted by Gasteiger charge is -2.02. The highest BCUT2D eigenvalue weighted by molar-refractivity contribution is 5.92. The molecule has 0 aliphatic carbocycles. The van der Waals surface area contributed by atoms with E-state index >= 15 is 0 Å². The molecule has 2 N–H and O–H groups in total. The van der Waals surface area contributed by atoms with Crippen molar-refractivity contribution in [2.24, 2.45) is 5.73 Å². The maximum absolute atomic E-state index is 10.8. The van der Waals surface area contributed by atoms with Gasteiger partial charge in [0.2, 0.25) is 5.91 Å². The number of amides is 1. The molecule has 1 aromatic rings. The Kier molecular flexibility index (Phi) is 4.13. The zero-order valence-electron chi connectivity index (χ0n) is 8.32. The number of primary amides is 1. The monoisotopic (exact) mass is 193 g/mol. The Bertz CT molecular complexity index is 293. The highest BCUT2D eigenvalue weighted by Crippen LogP contribution is 2.04. The SMILES string of the molecule is CCOCCc1ccc(C(N)=O)cc1. The molecule has 1 aromatic carbocycles. The van der Waals surface area contributed by atoms with Crippen molar-refractivity contribution in [3.8, 4) is 0 Å². The molecule has 3 nitrogen and oxygen atoms in total. The van der Waals surface area contributed by atoms with Crippen LogP contribution >= 0.6 is 0 Å². The van der Waals surface area contributed by atoms with Crippen LogP contribution in [0, 0.1) is 0 Å². The third-order valence-corrected chi connectivity index (χ3v) is 1.98. The van der Waals surface area contributed by atoms with Gasteiger partial charge in [-0.05, 0) is 31.0 Å². The van der Waals surface area contributed by atoms with E-state index in [4.69, 9.17) is 10.5 Å². The Labute approximate surface area is 83.9 Å². The van der Waals surface area contributed by atoms with Crippen LogP contribution in [0.2, 0.25) is 0 Å². The molecular formula is C11H15NO2. The van der Waals surface area contributed by atoms with Crippen molar-refractivity contribution < 1.29 is 9.53 Å². The van der Waals surface area contributed by atoms with E-state index in [1.807, 2.05) is 19.1 Å². The molecule has 0 heterocycles. The molecule has 0 atom stereocenters. The number of nitrogens with two attached hydrogens (primary N) is 1. The summed E-state index contributed by atoms with van der Waals surface area (Å²) < 4.78 is 5.22. The van der Waals surface area contributed by atoms with Gasteiger partial charge in [-0.2, -0.15) is 0 Å². The van der Waals surface area contributed by atoms with E-state index in [-0.39, 0.29) is 5.91 Å². The van der Waals surface area contributed by atoms with Gasteiger partial charge in [-0.1, -0.05) is 12.1 Å². The third kappa shape index (κ3) is 3.18. The van der Waals surface area contributed by atoms with Crippen LogP contribution in [0.1, 0.15) is 22.8 Å². The Morgan fingerprint density at radius 2 is 2.00 bits per heavy atom. The van der Waals surface area contributed by atoms with E-state index in [1.54, 1.807) is 12.1 Å². The van der Waals surface area contributed by atoms with Gasteiger partial charge in [0.25, 0.3) is 0 Å². The second-order valence-corrected chi connectivity index (χ2v) is 3.01. The molecule has 76 valence electrons. The first-order valence-electron chi connectivity index (χ1n) is 4.70. The van der Waals surface area contributed by atoms with Crippen LogP contribution in [-0.4, -0.2) is 19.1 Å². The second kappa shape index (κ2) is 5.40. The molecule has 1 amide bonds. The van der Waals surface area contributed by atoms with Gasteiger partial charge in [0.15, 0.2) is 0 Å². The lowest BCUT2D eigenvalue weighted by atomic mass is 10.1. The number of carbonyl (C=O) groups excluding carboxylic acids is 1. The lowest BCUT2D eigenvalue weighted by molar-refractivity contribution is 0.100. The van der Waals surface area contributed by atoms with Crippen molar-refractivity contribution in [1.29, 1.82) is 0 Å². The average molecular weight is 193 g/mol. The molecule has 0 saturated heterocycles. The van der Waals surface area contributed by atoms with E-state index in [0.29, 0.717) is 12.2 Å². The van der Waals surface area contributed by atoms with E-state index in [2.05, 4.69) is 0 Å². The van der Waals surface area contributed by atoms with Crippen LogP contribution in [0.15, 0.2) is 24.3 Å². The van der Waals surface area contributed by atoms with Crippen molar-refractivity contribution in [1.82, 2.24) is 0 Å². The molecule has 0 aliphatic rings. The number of ether oxygens (including phenoxy) is 1.